The number of rotatable bonds is 3. The molecule has 1 saturated carbocycles. The maximum atomic E-state index is 5.38. The Labute approximate surface area is 143 Å². The zero-order chi connectivity index (χ0) is 16.2. The van der Waals surface area contributed by atoms with Crippen molar-refractivity contribution >= 4 is 34.1 Å². The number of fused-ring (bicyclic) bond motifs is 1. The van der Waals surface area contributed by atoms with Crippen molar-refractivity contribution in [3.8, 4) is 0 Å². The molecule has 0 bridgehead atoms. The summed E-state index contributed by atoms with van der Waals surface area (Å²) in [6, 6.07) is 8.80. The van der Waals surface area contributed by atoms with Gasteiger partial charge < -0.3 is 5.32 Å². The number of aromatic nitrogens is 1. The van der Waals surface area contributed by atoms with Crippen LogP contribution < -0.4 is 16.2 Å². The summed E-state index contributed by atoms with van der Waals surface area (Å²) in [5, 5.41) is 5.22. The van der Waals surface area contributed by atoms with E-state index >= 15 is 0 Å². The van der Waals surface area contributed by atoms with Gasteiger partial charge in [-0.25, -0.2) is 4.98 Å². The van der Waals surface area contributed by atoms with Gasteiger partial charge in [-0.3, -0.25) is 10.9 Å². The van der Waals surface area contributed by atoms with E-state index < -0.39 is 0 Å². The van der Waals surface area contributed by atoms with Gasteiger partial charge in [0, 0.05) is 11.4 Å². The number of hydrogen-bond acceptors (Lipinski definition) is 3. The Bertz CT molecular complexity index is 707. The fourth-order valence-corrected chi connectivity index (χ4v) is 3.43. The molecular weight excluding hydrogens is 304 g/mol. The minimum absolute atomic E-state index is 0.499. The molecule has 1 aromatic heterocycles. The van der Waals surface area contributed by atoms with Crippen LogP contribution in [0, 0.1) is 13.8 Å². The van der Waals surface area contributed by atoms with E-state index in [1.165, 1.54) is 48.6 Å². The number of pyridine rings is 1. The second-order valence-electron chi connectivity index (χ2n) is 6.35. The van der Waals surface area contributed by atoms with Crippen LogP contribution in [0.2, 0.25) is 0 Å². The fourth-order valence-electron chi connectivity index (χ4n) is 3.21. The molecule has 0 saturated heterocycles. The van der Waals surface area contributed by atoms with Crippen LogP contribution in [-0.2, 0) is 0 Å². The van der Waals surface area contributed by atoms with Crippen molar-refractivity contribution in [3.63, 3.8) is 0 Å². The molecule has 1 fully saturated rings. The lowest BCUT2D eigenvalue weighted by molar-refractivity contribution is 0.412. The Hall–Kier alpha value is -1.88. The van der Waals surface area contributed by atoms with Gasteiger partial charge in [0.1, 0.15) is 5.82 Å². The van der Waals surface area contributed by atoms with Crippen molar-refractivity contribution in [1.29, 1.82) is 0 Å². The number of hydrazine groups is 1. The zero-order valence-corrected chi connectivity index (χ0v) is 14.6. The summed E-state index contributed by atoms with van der Waals surface area (Å²) in [6.07, 6.45) is 6.33. The molecule has 3 N–H and O–H groups in total. The average molecular weight is 328 g/mol. The van der Waals surface area contributed by atoms with Crippen LogP contribution in [-0.4, -0.2) is 16.1 Å². The lowest BCUT2D eigenvalue weighted by atomic mass is 9.96. The molecule has 1 aliphatic rings. The summed E-state index contributed by atoms with van der Waals surface area (Å²) in [4.78, 5) is 4.69. The van der Waals surface area contributed by atoms with Crippen molar-refractivity contribution in [3.05, 3.63) is 35.4 Å². The van der Waals surface area contributed by atoms with E-state index in [0.717, 1.165) is 11.3 Å². The standard InChI is InChI=1S/C18H24N4S/c1-12-7-6-10-15-13(2)11-16(20-17(12)15)21-22-18(23)19-14-8-4-3-5-9-14/h6-7,10-11,14H,3-5,8-9H2,1-2H3,(H,20,21)(H2,19,22,23). The molecule has 1 heterocycles. The number of aryl methyl sites for hydroxylation is 2. The normalized spacial score (nSPS) is 15.4. The molecule has 0 aliphatic heterocycles. The van der Waals surface area contributed by atoms with Crippen molar-refractivity contribution in [2.45, 2.75) is 52.0 Å². The molecule has 1 aliphatic carbocycles. The Kier molecular flexibility index (Phi) is 4.96. The van der Waals surface area contributed by atoms with E-state index in [4.69, 9.17) is 17.2 Å². The second kappa shape index (κ2) is 7.13. The molecule has 122 valence electrons. The summed E-state index contributed by atoms with van der Waals surface area (Å²) in [6.45, 7) is 4.19. The highest BCUT2D eigenvalue weighted by atomic mass is 32.1. The second-order valence-corrected chi connectivity index (χ2v) is 6.76. The van der Waals surface area contributed by atoms with Crippen molar-refractivity contribution in [1.82, 2.24) is 15.7 Å². The first kappa shape index (κ1) is 16.0. The monoisotopic (exact) mass is 328 g/mol. The number of hydrogen-bond donors (Lipinski definition) is 3. The average Bonchev–Trinajstić information content (AvgIpc) is 2.55. The van der Waals surface area contributed by atoms with Crippen LogP contribution in [0.3, 0.4) is 0 Å². The van der Waals surface area contributed by atoms with E-state index in [-0.39, 0.29) is 0 Å². The molecule has 0 unspecified atom stereocenters. The van der Waals surface area contributed by atoms with E-state index in [9.17, 15) is 0 Å². The lowest BCUT2D eigenvalue weighted by Crippen LogP contribution is -2.44. The Balaban J connectivity index is 1.64. The van der Waals surface area contributed by atoms with Gasteiger partial charge in [-0.15, -0.1) is 0 Å². The summed E-state index contributed by atoms with van der Waals surface area (Å²) < 4.78 is 0. The van der Waals surface area contributed by atoms with E-state index in [2.05, 4.69) is 48.2 Å². The number of thiocarbonyl (C=S) groups is 1. The van der Waals surface area contributed by atoms with Crippen molar-refractivity contribution < 1.29 is 0 Å². The molecule has 4 nitrogen and oxygen atoms in total. The molecule has 0 amide bonds. The van der Waals surface area contributed by atoms with Crippen LogP contribution in [0.1, 0.15) is 43.2 Å². The van der Waals surface area contributed by atoms with Gasteiger partial charge in [0.15, 0.2) is 5.11 Å². The van der Waals surface area contributed by atoms with E-state index in [0.29, 0.717) is 11.2 Å². The molecule has 2 aromatic rings. The van der Waals surface area contributed by atoms with Crippen molar-refractivity contribution in [2.24, 2.45) is 0 Å². The molecule has 1 aromatic carbocycles. The number of anilines is 1. The Morgan fingerprint density at radius 1 is 1.13 bits per heavy atom. The summed E-state index contributed by atoms with van der Waals surface area (Å²) in [5.74, 6) is 0.789. The first-order chi connectivity index (χ1) is 11.1. The van der Waals surface area contributed by atoms with Gasteiger partial charge in [-0.2, -0.15) is 0 Å². The molecule has 23 heavy (non-hydrogen) atoms. The van der Waals surface area contributed by atoms with Gasteiger partial charge in [0.05, 0.1) is 5.52 Å². The molecule has 5 heteroatoms. The third-order valence-corrected chi connectivity index (χ3v) is 4.71. The Morgan fingerprint density at radius 3 is 2.70 bits per heavy atom. The molecule has 0 spiro atoms. The first-order valence-corrected chi connectivity index (χ1v) is 8.74. The zero-order valence-electron chi connectivity index (χ0n) is 13.8. The SMILES string of the molecule is Cc1cc(NNC(=S)NC2CCCCC2)nc2c(C)cccc12. The predicted molar refractivity (Wildman–Crippen MR) is 101 cm³/mol. The van der Waals surface area contributed by atoms with Crippen LogP contribution in [0.4, 0.5) is 5.82 Å². The summed E-state index contributed by atoms with van der Waals surface area (Å²) in [7, 11) is 0. The van der Waals surface area contributed by atoms with E-state index in [1.807, 2.05) is 6.07 Å². The largest absolute Gasteiger partial charge is 0.359 e. The predicted octanol–water partition coefficient (Wildman–Crippen LogP) is 3.98. The third kappa shape index (κ3) is 3.91. The highest BCUT2D eigenvalue weighted by Gasteiger charge is 2.13. The van der Waals surface area contributed by atoms with Gasteiger partial charge in [-0.05, 0) is 56.1 Å². The number of nitrogens with zero attached hydrogens (tertiary/aromatic N) is 1. The lowest BCUT2D eigenvalue weighted by Gasteiger charge is -2.24. The molecular formula is C18H24N4S. The highest BCUT2D eigenvalue weighted by molar-refractivity contribution is 7.80. The molecule has 0 radical (unpaired) electrons. The van der Waals surface area contributed by atoms with Crippen LogP contribution in [0.15, 0.2) is 24.3 Å². The smallest absolute Gasteiger partial charge is 0.185 e. The molecule has 3 rings (SSSR count). The summed E-state index contributed by atoms with van der Waals surface area (Å²) >= 11 is 5.38. The minimum atomic E-state index is 0.499. The first-order valence-electron chi connectivity index (χ1n) is 8.33. The third-order valence-electron chi connectivity index (χ3n) is 4.49. The van der Waals surface area contributed by atoms with Crippen LogP contribution >= 0.6 is 12.2 Å². The van der Waals surface area contributed by atoms with Crippen molar-refractivity contribution in [2.75, 3.05) is 5.43 Å². The maximum Gasteiger partial charge on any atom is 0.185 e. The van der Waals surface area contributed by atoms with Gasteiger partial charge in [0.25, 0.3) is 0 Å². The topological polar surface area (TPSA) is 49.0 Å². The number of nitrogens with one attached hydrogen (secondary N) is 3. The highest BCUT2D eigenvalue weighted by Crippen LogP contribution is 2.22. The van der Waals surface area contributed by atoms with Gasteiger partial charge in [0.2, 0.25) is 0 Å². The maximum absolute atomic E-state index is 5.38. The quantitative estimate of drug-likeness (QED) is 0.588. The number of benzene rings is 1. The fraction of sp³-hybridized carbons (Fsp3) is 0.444. The van der Waals surface area contributed by atoms with Gasteiger partial charge >= 0.3 is 0 Å². The summed E-state index contributed by atoms with van der Waals surface area (Å²) in [5.41, 5.74) is 9.61. The van der Waals surface area contributed by atoms with Crippen LogP contribution in [0.5, 0.6) is 0 Å². The Morgan fingerprint density at radius 2 is 1.91 bits per heavy atom. The van der Waals surface area contributed by atoms with E-state index in [1.54, 1.807) is 0 Å². The van der Waals surface area contributed by atoms with Gasteiger partial charge in [-0.1, -0.05) is 37.5 Å². The minimum Gasteiger partial charge on any atom is -0.359 e. The van der Waals surface area contributed by atoms with Crippen LogP contribution in [0.25, 0.3) is 10.9 Å². The molecule has 0 atom stereocenters. The number of para-hydroxylation sites is 1.